The Morgan fingerprint density at radius 1 is 1.30 bits per heavy atom. The van der Waals surface area contributed by atoms with E-state index in [1.807, 2.05) is 18.2 Å². The fourth-order valence-electron chi connectivity index (χ4n) is 0.811. The van der Waals surface area contributed by atoms with Gasteiger partial charge >= 0.3 is 69.0 Å². The Balaban J connectivity index is 2.75. The minimum atomic E-state index is 0.425. The molecule has 1 atom stereocenters. The molecule has 0 aliphatic rings. The molecule has 2 heteroatoms. The van der Waals surface area contributed by atoms with Gasteiger partial charge in [-0.1, -0.05) is 0 Å². The maximum atomic E-state index is 5.49. The van der Waals surface area contributed by atoms with Crippen molar-refractivity contribution in [2.75, 3.05) is 6.54 Å². The summed E-state index contributed by atoms with van der Waals surface area (Å²) in [5.41, 5.74) is 6.78. The van der Waals surface area contributed by atoms with E-state index in [9.17, 15) is 0 Å². The van der Waals surface area contributed by atoms with E-state index in [1.54, 1.807) is 0 Å². The molecule has 1 aromatic rings. The van der Waals surface area contributed by atoms with Crippen LogP contribution in [-0.4, -0.2) is 22.6 Å². The molecule has 0 spiro atoms. The summed E-state index contributed by atoms with van der Waals surface area (Å²) >= 11 is 2.58. The molecule has 0 aliphatic carbocycles. The van der Waals surface area contributed by atoms with Gasteiger partial charge in [-0.15, -0.1) is 0 Å². The van der Waals surface area contributed by atoms with Gasteiger partial charge in [-0.05, 0) is 0 Å². The zero-order chi connectivity index (χ0) is 7.40. The van der Waals surface area contributed by atoms with Crippen LogP contribution in [0.15, 0.2) is 30.3 Å². The van der Waals surface area contributed by atoms with Crippen LogP contribution in [0.2, 0.25) is 0 Å². The third-order valence-corrected chi connectivity index (χ3v) is 2.48. The van der Waals surface area contributed by atoms with E-state index in [4.69, 9.17) is 5.73 Å². The fourth-order valence-corrected chi connectivity index (χ4v) is 1.17. The van der Waals surface area contributed by atoms with Gasteiger partial charge in [-0.25, -0.2) is 0 Å². The average molecular weight is 200 g/mol. The third-order valence-electron chi connectivity index (χ3n) is 1.41. The molecule has 54 valence electrons. The van der Waals surface area contributed by atoms with Gasteiger partial charge in [0, 0.05) is 0 Å². The average Bonchev–Trinajstić information content (AvgIpc) is 2.05. The van der Waals surface area contributed by atoms with Crippen molar-refractivity contribution in [1.29, 1.82) is 0 Å². The Labute approximate surface area is 69.4 Å². The van der Waals surface area contributed by atoms with E-state index in [2.05, 4.69) is 28.1 Å². The molecule has 1 unspecified atom stereocenters. The first kappa shape index (κ1) is 7.80. The Morgan fingerprint density at radius 3 is 2.40 bits per heavy atom. The summed E-state index contributed by atoms with van der Waals surface area (Å²) in [6.45, 7) is 0.698. The standard InChI is InChI=1S/C8H11NSe/c9-6-8(10)7-4-2-1-3-5-7/h1-5,8,10H,6,9H2. The SMILES string of the molecule is NCC([SeH])c1ccccc1. The van der Waals surface area contributed by atoms with Gasteiger partial charge in [0.2, 0.25) is 0 Å². The molecule has 0 saturated carbocycles. The van der Waals surface area contributed by atoms with Crippen molar-refractivity contribution in [3.63, 3.8) is 0 Å². The van der Waals surface area contributed by atoms with Crippen LogP contribution in [0, 0.1) is 0 Å². The number of nitrogens with two attached hydrogens (primary N) is 1. The molecule has 1 nitrogen and oxygen atoms in total. The van der Waals surface area contributed by atoms with Crippen LogP contribution in [0.25, 0.3) is 0 Å². The molecular weight excluding hydrogens is 189 g/mol. The molecule has 1 aromatic carbocycles. The van der Waals surface area contributed by atoms with E-state index >= 15 is 0 Å². The maximum absolute atomic E-state index is 5.49. The van der Waals surface area contributed by atoms with Gasteiger partial charge in [0.1, 0.15) is 0 Å². The minimum absolute atomic E-state index is 0.425. The van der Waals surface area contributed by atoms with Crippen LogP contribution in [-0.2, 0) is 0 Å². The summed E-state index contributed by atoms with van der Waals surface area (Å²) in [6.07, 6.45) is 0. The van der Waals surface area contributed by atoms with Crippen LogP contribution < -0.4 is 5.73 Å². The summed E-state index contributed by atoms with van der Waals surface area (Å²) in [5, 5.41) is 0. The van der Waals surface area contributed by atoms with Gasteiger partial charge in [0.05, 0.1) is 0 Å². The molecule has 0 aliphatic heterocycles. The predicted octanol–water partition coefficient (Wildman–Crippen LogP) is 0.587. The molecule has 0 saturated heterocycles. The van der Waals surface area contributed by atoms with Crippen LogP contribution >= 0.6 is 0 Å². The predicted molar refractivity (Wildman–Crippen MR) is 45.4 cm³/mol. The molecule has 1 rings (SSSR count). The quantitative estimate of drug-likeness (QED) is 0.694. The second kappa shape index (κ2) is 3.77. The number of hydrogen-bond acceptors (Lipinski definition) is 1. The number of rotatable bonds is 2. The Kier molecular flexibility index (Phi) is 2.94. The zero-order valence-electron chi connectivity index (χ0n) is 5.70. The second-order valence-corrected chi connectivity index (χ2v) is 3.47. The third kappa shape index (κ3) is 1.84. The van der Waals surface area contributed by atoms with E-state index in [1.165, 1.54) is 5.56 Å². The van der Waals surface area contributed by atoms with Crippen molar-refractivity contribution in [3.05, 3.63) is 35.9 Å². The van der Waals surface area contributed by atoms with Gasteiger partial charge in [-0.2, -0.15) is 0 Å². The van der Waals surface area contributed by atoms with E-state index < -0.39 is 0 Å². The molecule has 0 bridgehead atoms. The van der Waals surface area contributed by atoms with E-state index in [0.29, 0.717) is 11.4 Å². The summed E-state index contributed by atoms with van der Waals surface area (Å²) in [6, 6.07) is 10.3. The normalized spacial score (nSPS) is 13.0. The van der Waals surface area contributed by atoms with E-state index in [0.717, 1.165) is 0 Å². The molecule has 0 amide bonds. The van der Waals surface area contributed by atoms with Crippen molar-refractivity contribution < 1.29 is 0 Å². The first-order valence-corrected chi connectivity index (χ1v) is 4.36. The van der Waals surface area contributed by atoms with Crippen LogP contribution in [0.1, 0.15) is 10.4 Å². The summed E-state index contributed by atoms with van der Waals surface area (Å²) in [5.74, 6) is 0. The fraction of sp³-hybridized carbons (Fsp3) is 0.250. The van der Waals surface area contributed by atoms with Gasteiger partial charge in [0.15, 0.2) is 0 Å². The van der Waals surface area contributed by atoms with Gasteiger partial charge in [-0.3, -0.25) is 0 Å². The van der Waals surface area contributed by atoms with Crippen molar-refractivity contribution >= 4 is 16.0 Å². The van der Waals surface area contributed by atoms with Crippen LogP contribution in [0.3, 0.4) is 0 Å². The van der Waals surface area contributed by atoms with Crippen molar-refractivity contribution in [3.8, 4) is 0 Å². The summed E-state index contributed by atoms with van der Waals surface area (Å²) < 4.78 is 0. The molecule has 0 radical (unpaired) electrons. The molecule has 0 aromatic heterocycles. The monoisotopic (exact) mass is 201 g/mol. The van der Waals surface area contributed by atoms with Crippen molar-refractivity contribution in [2.24, 2.45) is 5.73 Å². The molecule has 0 heterocycles. The van der Waals surface area contributed by atoms with Gasteiger partial charge in [0.25, 0.3) is 0 Å². The first-order valence-electron chi connectivity index (χ1n) is 3.27. The summed E-state index contributed by atoms with van der Waals surface area (Å²) in [4.78, 5) is 0.425. The molecule has 2 N–H and O–H groups in total. The number of benzene rings is 1. The second-order valence-electron chi connectivity index (χ2n) is 2.16. The van der Waals surface area contributed by atoms with Crippen molar-refractivity contribution in [2.45, 2.75) is 4.82 Å². The topological polar surface area (TPSA) is 26.0 Å². The number of hydrogen-bond donors (Lipinski definition) is 1. The Morgan fingerprint density at radius 2 is 1.90 bits per heavy atom. The van der Waals surface area contributed by atoms with Crippen LogP contribution in [0.4, 0.5) is 0 Å². The Bertz CT molecular complexity index is 186. The Hall–Kier alpha value is -0.301. The molecule has 10 heavy (non-hydrogen) atoms. The zero-order valence-corrected chi connectivity index (χ0v) is 7.57. The summed E-state index contributed by atoms with van der Waals surface area (Å²) in [7, 11) is 0. The van der Waals surface area contributed by atoms with E-state index in [-0.39, 0.29) is 0 Å². The van der Waals surface area contributed by atoms with Crippen molar-refractivity contribution in [1.82, 2.24) is 0 Å². The first-order chi connectivity index (χ1) is 4.84. The molecular formula is C8H11NSe. The molecule has 0 fully saturated rings. The van der Waals surface area contributed by atoms with Crippen LogP contribution in [0.5, 0.6) is 0 Å². The van der Waals surface area contributed by atoms with Gasteiger partial charge < -0.3 is 0 Å².